The van der Waals surface area contributed by atoms with Crippen molar-refractivity contribution in [2.24, 2.45) is 0 Å². The van der Waals surface area contributed by atoms with Crippen LogP contribution in [0.1, 0.15) is 52.4 Å². The van der Waals surface area contributed by atoms with Gasteiger partial charge in [0.2, 0.25) is 0 Å². The van der Waals surface area contributed by atoms with Gasteiger partial charge in [0.25, 0.3) is 0 Å². The van der Waals surface area contributed by atoms with Crippen LogP contribution in [-0.4, -0.2) is 38.5 Å². The molecule has 102 valence electrons. The van der Waals surface area contributed by atoms with Crippen molar-refractivity contribution in [1.29, 1.82) is 0 Å². The smallest absolute Gasteiger partial charge is 0.0576 e. The van der Waals surface area contributed by atoms with Gasteiger partial charge in [-0.15, -0.1) is 0 Å². The molecule has 0 bridgehead atoms. The van der Waals surface area contributed by atoms with Gasteiger partial charge in [0, 0.05) is 25.9 Å². The van der Waals surface area contributed by atoms with Gasteiger partial charge < -0.3 is 14.8 Å². The minimum Gasteiger partial charge on any atom is -0.382 e. The highest BCUT2D eigenvalue weighted by atomic mass is 16.5. The van der Waals surface area contributed by atoms with E-state index in [4.69, 9.17) is 9.47 Å². The zero-order chi connectivity index (χ0) is 12.3. The molecule has 2 unspecified atom stereocenters. The molecule has 1 aliphatic heterocycles. The second kappa shape index (κ2) is 9.86. The van der Waals surface area contributed by atoms with Gasteiger partial charge >= 0.3 is 0 Å². The first-order chi connectivity index (χ1) is 8.36. The van der Waals surface area contributed by atoms with Crippen molar-refractivity contribution in [3.63, 3.8) is 0 Å². The van der Waals surface area contributed by atoms with Gasteiger partial charge in [0.15, 0.2) is 0 Å². The first kappa shape index (κ1) is 14.9. The zero-order valence-corrected chi connectivity index (χ0v) is 11.5. The summed E-state index contributed by atoms with van der Waals surface area (Å²) in [6.07, 6.45) is 7.77. The molecule has 0 saturated carbocycles. The van der Waals surface area contributed by atoms with E-state index in [1.54, 1.807) is 0 Å². The minimum atomic E-state index is 0.521. The van der Waals surface area contributed by atoms with Crippen molar-refractivity contribution in [3.8, 4) is 0 Å². The molecule has 0 aromatic rings. The number of hydrogen-bond acceptors (Lipinski definition) is 3. The van der Waals surface area contributed by atoms with E-state index in [9.17, 15) is 0 Å². The average Bonchev–Trinajstić information content (AvgIpc) is 2.85. The molecule has 1 N–H and O–H groups in total. The molecule has 1 saturated heterocycles. The molecule has 3 nitrogen and oxygen atoms in total. The lowest BCUT2D eigenvalue weighted by Gasteiger charge is -2.20. The molecule has 0 aromatic carbocycles. The van der Waals surface area contributed by atoms with E-state index >= 15 is 0 Å². The lowest BCUT2D eigenvalue weighted by atomic mass is 10.0. The van der Waals surface area contributed by atoms with E-state index in [-0.39, 0.29) is 0 Å². The number of nitrogens with one attached hydrogen (secondary N) is 1. The van der Waals surface area contributed by atoms with E-state index in [1.165, 1.54) is 32.1 Å². The molecule has 1 rings (SSSR count). The Kier molecular flexibility index (Phi) is 8.67. The highest BCUT2D eigenvalue weighted by Gasteiger charge is 2.17. The van der Waals surface area contributed by atoms with Gasteiger partial charge in [-0.3, -0.25) is 0 Å². The second-order valence-electron chi connectivity index (χ2n) is 4.85. The van der Waals surface area contributed by atoms with Crippen LogP contribution in [0.15, 0.2) is 0 Å². The third-order valence-electron chi connectivity index (χ3n) is 3.36. The van der Waals surface area contributed by atoms with Crippen molar-refractivity contribution < 1.29 is 9.47 Å². The Hall–Kier alpha value is -0.120. The van der Waals surface area contributed by atoms with Crippen LogP contribution >= 0.6 is 0 Å². The molecule has 2 atom stereocenters. The summed E-state index contributed by atoms with van der Waals surface area (Å²) in [4.78, 5) is 0. The Balaban J connectivity index is 2.13. The van der Waals surface area contributed by atoms with Crippen LogP contribution in [0.4, 0.5) is 0 Å². The van der Waals surface area contributed by atoms with Gasteiger partial charge in [-0.25, -0.2) is 0 Å². The fourth-order valence-electron chi connectivity index (χ4n) is 2.33. The Morgan fingerprint density at radius 3 is 2.88 bits per heavy atom. The van der Waals surface area contributed by atoms with Crippen molar-refractivity contribution in [2.75, 3.05) is 26.4 Å². The standard InChI is InChI=1S/C14H29NO2/c1-3-10-15-13(9-12-16-4-2)7-8-14-6-5-11-17-14/h13-15H,3-12H2,1-2H3. The average molecular weight is 243 g/mol. The highest BCUT2D eigenvalue weighted by Crippen LogP contribution is 2.18. The van der Waals surface area contributed by atoms with E-state index < -0.39 is 0 Å². The summed E-state index contributed by atoms with van der Waals surface area (Å²) in [6, 6.07) is 0.602. The molecule has 0 amide bonds. The second-order valence-corrected chi connectivity index (χ2v) is 4.85. The minimum absolute atomic E-state index is 0.521. The molecule has 0 aliphatic carbocycles. The number of ether oxygens (including phenoxy) is 2. The fraction of sp³-hybridized carbons (Fsp3) is 1.00. The summed E-state index contributed by atoms with van der Waals surface area (Å²) in [7, 11) is 0. The fourth-order valence-corrected chi connectivity index (χ4v) is 2.33. The summed E-state index contributed by atoms with van der Waals surface area (Å²) in [5.41, 5.74) is 0. The van der Waals surface area contributed by atoms with Crippen LogP contribution in [0.25, 0.3) is 0 Å². The Morgan fingerprint density at radius 1 is 1.35 bits per heavy atom. The monoisotopic (exact) mass is 243 g/mol. The Bertz CT molecular complexity index is 170. The molecular weight excluding hydrogens is 214 g/mol. The normalized spacial score (nSPS) is 21.9. The molecule has 17 heavy (non-hydrogen) atoms. The maximum atomic E-state index is 5.67. The van der Waals surface area contributed by atoms with Gasteiger partial charge in [-0.2, -0.15) is 0 Å². The maximum Gasteiger partial charge on any atom is 0.0576 e. The number of hydrogen-bond donors (Lipinski definition) is 1. The first-order valence-electron chi connectivity index (χ1n) is 7.29. The first-order valence-corrected chi connectivity index (χ1v) is 7.29. The van der Waals surface area contributed by atoms with Crippen molar-refractivity contribution >= 4 is 0 Å². The van der Waals surface area contributed by atoms with Crippen LogP contribution in [-0.2, 0) is 9.47 Å². The molecule has 3 heteroatoms. The lowest BCUT2D eigenvalue weighted by molar-refractivity contribution is 0.0952. The van der Waals surface area contributed by atoms with E-state index in [0.29, 0.717) is 12.1 Å². The number of rotatable bonds is 10. The van der Waals surface area contributed by atoms with Gasteiger partial charge in [-0.05, 0) is 52.0 Å². The summed E-state index contributed by atoms with van der Waals surface area (Å²) in [6.45, 7) is 8.06. The van der Waals surface area contributed by atoms with Crippen LogP contribution < -0.4 is 5.32 Å². The SMILES string of the molecule is CCCNC(CCOCC)CCC1CCCO1. The molecule has 0 spiro atoms. The summed E-state index contributed by atoms with van der Waals surface area (Å²) >= 11 is 0. The Morgan fingerprint density at radius 2 is 2.24 bits per heavy atom. The highest BCUT2D eigenvalue weighted by molar-refractivity contribution is 4.72. The molecule has 1 heterocycles. The largest absolute Gasteiger partial charge is 0.382 e. The topological polar surface area (TPSA) is 30.5 Å². The molecular formula is C14H29NO2. The van der Waals surface area contributed by atoms with Crippen molar-refractivity contribution in [3.05, 3.63) is 0 Å². The predicted molar refractivity (Wildman–Crippen MR) is 71.4 cm³/mol. The van der Waals surface area contributed by atoms with E-state index in [0.717, 1.165) is 32.8 Å². The van der Waals surface area contributed by atoms with E-state index in [2.05, 4.69) is 19.2 Å². The lowest BCUT2D eigenvalue weighted by Crippen LogP contribution is -2.32. The van der Waals surface area contributed by atoms with Crippen LogP contribution in [0, 0.1) is 0 Å². The third-order valence-corrected chi connectivity index (χ3v) is 3.36. The summed E-state index contributed by atoms with van der Waals surface area (Å²) < 4.78 is 11.1. The van der Waals surface area contributed by atoms with Crippen LogP contribution in [0.3, 0.4) is 0 Å². The van der Waals surface area contributed by atoms with Gasteiger partial charge in [-0.1, -0.05) is 6.92 Å². The van der Waals surface area contributed by atoms with Crippen LogP contribution in [0.2, 0.25) is 0 Å². The summed E-state index contributed by atoms with van der Waals surface area (Å²) in [5, 5.41) is 3.62. The molecule has 1 fully saturated rings. The molecule has 0 aromatic heterocycles. The molecule has 0 radical (unpaired) electrons. The summed E-state index contributed by atoms with van der Waals surface area (Å²) in [5.74, 6) is 0. The quantitative estimate of drug-likeness (QED) is 0.598. The van der Waals surface area contributed by atoms with Crippen molar-refractivity contribution in [2.45, 2.75) is 64.5 Å². The predicted octanol–water partition coefficient (Wildman–Crippen LogP) is 2.74. The Labute approximate surface area is 106 Å². The third kappa shape index (κ3) is 7.02. The molecule has 1 aliphatic rings. The van der Waals surface area contributed by atoms with Crippen LogP contribution in [0.5, 0.6) is 0 Å². The maximum absolute atomic E-state index is 5.67. The van der Waals surface area contributed by atoms with Gasteiger partial charge in [0.1, 0.15) is 0 Å². The van der Waals surface area contributed by atoms with E-state index in [1.807, 2.05) is 0 Å². The van der Waals surface area contributed by atoms with Gasteiger partial charge in [0.05, 0.1) is 6.10 Å². The zero-order valence-electron chi connectivity index (χ0n) is 11.5. The van der Waals surface area contributed by atoms with Crippen molar-refractivity contribution in [1.82, 2.24) is 5.32 Å².